The van der Waals surface area contributed by atoms with Crippen LogP contribution in [0.4, 0.5) is 14.9 Å². The molecule has 4 unspecified atom stereocenters. The van der Waals surface area contributed by atoms with Gasteiger partial charge in [-0.2, -0.15) is 0 Å². The van der Waals surface area contributed by atoms with Gasteiger partial charge in [0.15, 0.2) is 0 Å². The highest BCUT2D eigenvalue weighted by Crippen LogP contribution is 2.35. The molecular formula is C33H44FN5O2. The number of benzene rings is 1. The van der Waals surface area contributed by atoms with Gasteiger partial charge in [0.05, 0.1) is 31.1 Å². The van der Waals surface area contributed by atoms with E-state index in [2.05, 4.69) is 65.3 Å². The first-order valence-corrected chi connectivity index (χ1v) is 14.6. The number of amides is 1. The Balaban J connectivity index is 1.45. The van der Waals surface area contributed by atoms with Crippen molar-refractivity contribution in [3.63, 3.8) is 0 Å². The predicted octanol–water partition coefficient (Wildman–Crippen LogP) is 6.81. The van der Waals surface area contributed by atoms with Gasteiger partial charge in [-0.25, -0.2) is 14.2 Å². The third kappa shape index (κ3) is 7.17. The maximum absolute atomic E-state index is 13.6. The van der Waals surface area contributed by atoms with Crippen molar-refractivity contribution in [3.8, 4) is 0 Å². The lowest BCUT2D eigenvalue weighted by molar-refractivity contribution is 0.150. The molecule has 2 aromatic rings. The molecule has 2 aliphatic rings. The van der Waals surface area contributed by atoms with E-state index < -0.39 is 6.09 Å². The van der Waals surface area contributed by atoms with E-state index in [1.807, 2.05) is 31.3 Å². The number of H-pyrrole nitrogens is 1. The molecule has 8 heteroatoms. The molecule has 220 valence electrons. The number of rotatable bonds is 11. The average Bonchev–Trinajstić information content (AvgIpc) is 3.73. The van der Waals surface area contributed by atoms with E-state index in [-0.39, 0.29) is 35.9 Å². The Bertz CT molecular complexity index is 1260. The van der Waals surface area contributed by atoms with Crippen LogP contribution in [0.2, 0.25) is 0 Å². The van der Waals surface area contributed by atoms with Crippen LogP contribution in [0.1, 0.15) is 64.0 Å². The highest BCUT2D eigenvalue weighted by atomic mass is 19.1. The third-order valence-electron chi connectivity index (χ3n) is 8.35. The van der Waals surface area contributed by atoms with E-state index in [1.165, 1.54) is 19.2 Å². The second-order valence-corrected chi connectivity index (χ2v) is 11.3. The van der Waals surface area contributed by atoms with Gasteiger partial charge in [-0.3, -0.25) is 4.90 Å². The Morgan fingerprint density at radius 1 is 1.24 bits per heavy atom. The summed E-state index contributed by atoms with van der Waals surface area (Å²) in [6.07, 6.45) is 13.7. The van der Waals surface area contributed by atoms with E-state index in [0.717, 1.165) is 67.1 Å². The monoisotopic (exact) mass is 561 g/mol. The first-order valence-electron chi connectivity index (χ1n) is 14.6. The van der Waals surface area contributed by atoms with Crippen LogP contribution >= 0.6 is 0 Å². The van der Waals surface area contributed by atoms with Crippen LogP contribution < -0.4 is 10.2 Å². The largest absolute Gasteiger partial charge is 0.453 e. The summed E-state index contributed by atoms with van der Waals surface area (Å²) >= 11 is 0. The number of methoxy groups -OCH3 is 1. The summed E-state index contributed by atoms with van der Waals surface area (Å²) in [7, 11) is 1.39. The Kier molecular flexibility index (Phi) is 10.2. The molecule has 2 aliphatic heterocycles. The van der Waals surface area contributed by atoms with Gasteiger partial charge in [0.1, 0.15) is 11.6 Å². The zero-order valence-corrected chi connectivity index (χ0v) is 24.8. The Morgan fingerprint density at radius 2 is 2.00 bits per heavy atom. The number of nitrogens with zero attached hydrogens (tertiary/aromatic N) is 3. The van der Waals surface area contributed by atoms with E-state index in [9.17, 15) is 9.18 Å². The van der Waals surface area contributed by atoms with Crippen LogP contribution in [0.15, 0.2) is 73.5 Å². The second kappa shape index (κ2) is 13.8. The van der Waals surface area contributed by atoms with Gasteiger partial charge in [-0.1, -0.05) is 44.7 Å². The predicted molar refractivity (Wildman–Crippen MR) is 164 cm³/mol. The number of ether oxygens (including phenoxy) is 1. The fourth-order valence-electron chi connectivity index (χ4n) is 5.96. The lowest BCUT2D eigenvalue weighted by Crippen LogP contribution is -2.46. The molecular weight excluding hydrogens is 517 g/mol. The Hall–Kier alpha value is -3.65. The molecule has 0 spiro atoms. The molecule has 41 heavy (non-hydrogen) atoms. The van der Waals surface area contributed by atoms with Crippen molar-refractivity contribution in [2.75, 3.05) is 25.1 Å². The number of aromatic amines is 1. The van der Waals surface area contributed by atoms with Crippen molar-refractivity contribution in [1.82, 2.24) is 20.2 Å². The molecule has 0 bridgehead atoms. The van der Waals surface area contributed by atoms with Gasteiger partial charge in [-0.05, 0) is 80.5 Å². The number of alkyl carbamates (subject to hydrolysis) is 1. The minimum Gasteiger partial charge on any atom is -0.453 e. The minimum absolute atomic E-state index is 0.0109. The van der Waals surface area contributed by atoms with Gasteiger partial charge in [0, 0.05) is 24.3 Å². The quantitative estimate of drug-likeness (QED) is 0.233. The van der Waals surface area contributed by atoms with E-state index >= 15 is 0 Å². The smallest absolute Gasteiger partial charge is 0.407 e. The highest BCUT2D eigenvalue weighted by molar-refractivity contribution is 5.72. The van der Waals surface area contributed by atoms with Gasteiger partial charge in [0.25, 0.3) is 0 Å². The average molecular weight is 562 g/mol. The molecule has 0 aliphatic carbocycles. The summed E-state index contributed by atoms with van der Waals surface area (Å²) in [5.41, 5.74) is 3.96. The highest BCUT2D eigenvalue weighted by Gasteiger charge is 2.33. The van der Waals surface area contributed by atoms with Crippen molar-refractivity contribution in [1.29, 1.82) is 0 Å². The first-order chi connectivity index (χ1) is 19.7. The zero-order chi connectivity index (χ0) is 29.5. The molecule has 2 fully saturated rings. The van der Waals surface area contributed by atoms with Gasteiger partial charge in [-0.15, -0.1) is 6.58 Å². The Morgan fingerprint density at radius 3 is 2.66 bits per heavy atom. The molecule has 1 aromatic heterocycles. The summed E-state index contributed by atoms with van der Waals surface area (Å²) < 4.78 is 18.4. The first kappa shape index (κ1) is 30.3. The number of halogens is 1. The summed E-state index contributed by atoms with van der Waals surface area (Å²) in [5, 5.41) is 2.98. The molecule has 1 amide bonds. The standard InChI is InChI=1S/C33H44FN5O2/c1-7-24(12-11-23(5)30-18-17-26(8-2)39(30)27-15-13-25(34)14-16-27)28-20-35-32(36-28)31-10-9-19-38(31)21-29(22(3)4)37-33(40)41-6/h7-8,11-16,20,22,26,29-31H,2,5,9-10,17-19,21H2,1,3-4,6H3,(H,35,36)(H,37,40). The third-order valence-corrected chi connectivity index (χ3v) is 8.35. The summed E-state index contributed by atoms with van der Waals surface area (Å²) in [6, 6.07) is 7.10. The number of hydrogen-bond donors (Lipinski definition) is 2. The van der Waals surface area contributed by atoms with Crippen LogP contribution in [0, 0.1) is 11.7 Å². The number of allylic oxidation sites excluding steroid dienone is 3. The maximum Gasteiger partial charge on any atom is 0.407 e. The van der Waals surface area contributed by atoms with Crippen LogP contribution in [0.25, 0.3) is 5.57 Å². The normalized spacial score (nSPS) is 22.4. The molecule has 0 radical (unpaired) electrons. The van der Waals surface area contributed by atoms with Crippen molar-refractivity contribution < 1.29 is 13.9 Å². The van der Waals surface area contributed by atoms with Gasteiger partial charge < -0.3 is 19.9 Å². The lowest BCUT2D eigenvalue weighted by atomic mass is 10.0. The van der Waals surface area contributed by atoms with Crippen LogP contribution in [0.5, 0.6) is 0 Å². The second-order valence-electron chi connectivity index (χ2n) is 11.3. The van der Waals surface area contributed by atoms with Gasteiger partial charge >= 0.3 is 6.09 Å². The van der Waals surface area contributed by atoms with E-state index in [4.69, 9.17) is 9.72 Å². The van der Waals surface area contributed by atoms with Crippen molar-refractivity contribution in [2.45, 2.75) is 70.6 Å². The topological polar surface area (TPSA) is 73.5 Å². The molecule has 1 aromatic carbocycles. The molecule has 4 rings (SSSR count). The number of likely N-dealkylation sites (tertiary alicyclic amines) is 1. The van der Waals surface area contributed by atoms with Crippen molar-refractivity contribution >= 4 is 17.4 Å². The molecule has 2 N–H and O–H groups in total. The number of anilines is 1. The molecule has 4 atom stereocenters. The van der Waals surface area contributed by atoms with Crippen LogP contribution in [-0.2, 0) is 4.74 Å². The molecule has 2 saturated heterocycles. The van der Waals surface area contributed by atoms with Crippen LogP contribution in [-0.4, -0.2) is 59.3 Å². The van der Waals surface area contributed by atoms with Crippen LogP contribution in [0.3, 0.4) is 0 Å². The fourth-order valence-corrected chi connectivity index (χ4v) is 5.96. The van der Waals surface area contributed by atoms with E-state index in [0.29, 0.717) is 0 Å². The van der Waals surface area contributed by atoms with E-state index in [1.54, 1.807) is 0 Å². The zero-order valence-electron chi connectivity index (χ0n) is 24.8. The number of nitrogens with one attached hydrogen (secondary N) is 2. The summed E-state index contributed by atoms with van der Waals surface area (Å²) in [6.45, 7) is 16.4. The molecule has 0 saturated carbocycles. The maximum atomic E-state index is 13.6. The van der Waals surface area contributed by atoms with Crippen molar-refractivity contribution in [2.24, 2.45) is 5.92 Å². The number of carbonyl (C=O) groups excluding carboxylic acids is 1. The molecule has 7 nitrogen and oxygen atoms in total. The number of hydrogen-bond acceptors (Lipinski definition) is 5. The van der Waals surface area contributed by atoms with Crippen molar-refractivity contribution in [3.05, 3.63) is 90.8 Å². The fraction of sp³-hybridized carbons (Fsp3) is 0.455. The molecule has 3 heterocycles. The summed E-state index contributed by atoms with van der Waals surface area (Å²) in [5.74, 6) is 0.973. The Labute approximate surface area is 243 Å². The number of aromatic nitrogens is 2. The summed E-state index contributed by atoms with van der Waals surface area (Å²) in [4.78, 5) is 24.9. The SMILES string of the molecule is C=CC1CCC(C(=C)C=CC(=CC)c2cnc(C3CCCN3CC(NC(=O)OC)C(C)C)[nH]2)N1c1ccc(F)cc1. The lowest BCUT2D eigenvalue weighted by Gasteiger charge is -2.31. The minimum atomic E-state index is -0.399. The number of imidazole rings is 1. The van der Waals surface area contributed by atoms with Gasteiger partial charge in [0.2, 0.25) is 0 Å². The number of carbonyl (C=O) groups is 1.